The highest BCUT2D eigenvalue weighted by atomic mass is 19.4. The van der Waals surface area contributed by atoms with Gasteiger partial charge in [0.1, 0.15) is 0 Å². The van der Waals surface area contributed by atoms with Crippen LogP contribution < -0.4 is 0 Å². The predicted octanol–water partition coefficient (Wildman–Crippen LogP) is 3.29. The van der Waals surface area contributed by atoms with Crippen molar-refractivity contribution in [2.24, 2.45) is 5.92 Å². The fraction of sp³-hybridized carbons (Fsp3) is 0.857. The Morgan fingerprint density at radius 2 is 0.895 bits per heavy atom. The van der Waals surface area contributed by atoms with Gasteiger partial charge in [-0.3, -0.25) is 4.79 Å². The molecule has 0 spiro atoms. The van der Waals surface area contributed by atoms with Crippen LogP contribution in [0.2, 0.25) is 0 Å². The van der Waals surface area contributed by atoms with Crippen LogP contribution in [0.1, 0.15) is 0 Å². The summed E-state index contributed by atoms with van der Waals surface area (Å²) < 4.78 is 138. The zero-order valence-corrected chi connectivity index (χ0v) is 8.14. The summed E-state index contributed by atoms with van der Waals surface area (Å²) in [5, 5.41) is 0. The Kier molecular flexibility index (Phi) is 2.95. The molecule has 0 aliphatic heterocycles. The SMILES string of the molecule is O=C(F)C1C(F)(F)C(F)(F)C(F)(F)C(F)(F)C1(F)F. The first-order valence-corrected chi connectivity index (χ1v) is 4.15. The van der Waals surface area contributed by atoms with Crippen molar-refractivity contribution in [2.45, 2.75) is 29.6 Å². The maximum Gasteiger partial charge on any atom is 0.384 e. The zero-order valence-electron chi connectivity index (χ0n) is 8.14. The lowest BCUT2D eigenvalue weighted by molar-refractivity contribution is -0.457. The van der Waals surface area contributed by atoms with E-state index in [1.807, 2.05) is 0 Å². The minimum atomic E-state index is -7.18. The normalized spacial score (nSPS) is 30.9. The molecule has 0 atom stereocenters. The third-order valence-corrected chi connectivity index (χ3v) is 2.58. The van der Waals surface area contributed by atoms with Crippen LogP contribution in [-0.2, 0) is 4.79 Å². The summed E-state index contributed by atoms with van der Waals surface area (Å²) in [7, 11) is 0. The van der Waals surface area contributed by atoms with E-state index in [4.69, 9.17) is 0 Å². The molecule has 1 aliphatic carbocycles. The first-order chi connectivity index (χ1) is 8.07. The molecule has 112 valence electrons. The van der Waals surface area contributed by atoms with Gasteiger partial charge in [-0.25, -0.2) is 0 Å². The standard InChI is InChI=1S/C7HF11O/c8-2(19)1-3(9,10)5(13,14)7(17,18)6(15,16)4(1,11)12/h1H. The Labute approximate surface area is 95.9 Å². The molecule has 0 saturated heterocycles. The van der Waals surface area contributed by atoms with E-state index in [0.717, 1.165) is 0 Å². The molecule has 12 heteroatoms. The molecule has 1 aliphatic rings. The van der Waals surface area contributed by atoms with Crippen molar-refractivity contribution in [3.63, 3.8) is 0 Å². The Hall–Kier alpha value is -1.10. The molecule has 1 nitrogen and oxygen atoms in total. The first kappa shape index (κ1) is 16.0. The van der Waals surface area contributed by atoms with Gasteiger partial charge < -0.3 is 0 Å². The van der Waals surface area contributed by atoms with Gasteiger partial charge in [-0.1, -0.05) is 0 Å². The molecular weight excluding hydrogens is 309 g/mol. The molecule has 0 aromatic rings. The molecule has 0 N–H and O–H groups in total. The fourth-order valence-electron chi connectivity index (χ4n) is 1.49. The van der Waals surface area contributed by atoms with Gasteiger partial charge in [0.2, 0.25) is 0 Å². The monoisotopic (exact) mass is 310 g/mol. The second kappa shape index (κ2) is 3.51. The van der Waals surface area contributed by atoms with Crippen LogP contribution >= 0.6 is 0 Å². The van der Waals surface area contributed by atoms with Gasteiger partial charge in [0, 0.05) is 0 Å². The van der Waals surface area contributed by atoms with Crippen molar-refractivity contribution in [3.05, 3.63) is 0 Å². The number of rotatable bonds is 1. The van der Waals surface area contributed by atoms with E-state index in [1.165, 1.54) is 0 Å². The average molecular weight is 310 g/mol. The van der Waals surface area contributed by atoms with Crippen LogP contribution in [0.15, 0.2) is 0 Å². The Bertz CT molecular complexity index is 381. The van der Waals surface area contributed by atoms with Crippen molar-refractivity contribution in [1.29, 1.82) is 0 Å². The van der Waals surface area contributed by atoms with E-state index < -0.39 is 41.6 Å². The van der Waals surface area contributed by atoms with E-state index in [-0.39, 0.29) is 0 Å². The fourth-order valence-corrected chi connectivity index (χ4v) is 1.49. The van der Waals surface area contributed by atoms with Crippen molar-refractivity contribution in [3.8, 4) is 0 Å². The zero-order chi connectivity index (χ0) is 15.7. The van der Waals surface area contributed by atoms with E-state index in [9.17, 15) is 53.1 Å². The largest absolute Gasteiger partial charge is 0.384 e. The van der Waals surface area contributed by atoms with Gasteiger partial charge in [0.25, 0.3) is 0 Å². The van der Waals surface area contributed by atoms with Crippen molar-refractivity contribution in [1.82, 2.24) is 0 Å². The van der Waals surface area contributed by atoms with Crippen LogP contribution in [0.25, 0.3) is 0 Å². The summed E-state index contributed by atoms with van der Waals surface area (Å²) >= 11 is 0. The molecule has 1 fully saturated rings. The van der Waals surface area contributed by atoms with Crippen molar-refractivity contribution in [2.75, 3.05) is 0 Å². The summed E-state index contributed by atoms with van der Waals surface area (Å²) in [6.07, 6.45) is 0. The third-order valence-electron chi connectivity index (χ3n) is 2.58. The molecule has 0 radical (unpaired) electrons. The lowest BCUT2D eigenvalue weighted by Gasteiger charge is -2.48. The summed E-state index contributed by atoms with van der Waals surface area (Å²) in [5.41, 5.74) is 0. The maximum absolute atomic E-state index is 12.7. The highest BCUT2D eigenvalue weighted by molar-refractivity contribution is 5.74. The molecule has 0 amide bonds. The second-order valence-corrected chi connectivity index (χ2v) is 3.71. The van der Waals surface area contributed by atoms with E-state index in [0.29, 0.717) is 0 Å². The second-order valence-electron chi connectivity index (χ2n) is 3.71. The number of carbonyl (C=O) groups excluding carboxylic acids is 1. The summed E-state index contributed by atoms with van der Waals surface area (Å²) in [6.45, 7) is 0. The van der Waals surface area contributed by atoms with Gasteiger partial charge in [-0.05, 0) is 0 Å². The number of hydrogen-bond acceptors (Lipinski definition) is 1. The minimum absolute atomic E-state index is 3.95. The Morgan fingerprint density at radius 1 is 0.632 bits per heavy atom. The number of hydrogen-bond donors (Lipinski definition) is 0. The predicted molar refractivity (Wildman–Crippen MR) is 34.3 cm³/mol. The molecule has 0 unspecified atom stereocenters. The first-order valence-electron chi connectivity index (χ1n) is 4.15. The smallest absolute Gasteiger partial charge is 0.260 e. The van der Waals surface area contributed by atoms with Gasteiger partial charge in [-0.2, -0.15) is 48.3 Å². The van der Waals surface area contributed by atoms with Crippen molar-refractivity contribution < 1.29 is 53.1 Å². The van der Waals surface area contributed by atoms with Crippen LogP contribution in [-0.4, -0.2) is 35.6 Å². The number of alkyl halides is 10. The number of carbonyl (C=O) groups is 1. The minimum Gasteiger partial charge on any atom is -0.260 e. The van der Waals surface area contributed by atoms with Crippen LogP contribution in [0, 0.1) is 5.92 Å². The lowest BCUT2D eigenvalue weighted by atomic mass is 9.75. The molecule has 0 heterocycles. The maximum atomic E-state index is 12.7. The molecule has 1 saturated carbocycles. The van der Waals surface area contributed by atoms with E-state index >= 15 is 0 Å². The average Bonchev–Trinajstić information content (AvgIpc) is 2.12. The number of halogens is 11. The molecule has 19 heavy (non-hydrogen) atoms. The molecule has 0 aromatic carbocycles. The van der Waals surface area contributed by atoms with Crippen LogP contribution in [0.5, 0.6) is 0 Å². The molecule has 1 rings (SSSR count). The quantitative estimate of drug-likeness (QED) is 0.536. The summed E-state index contributed by atoms with van der Waals surface area (Å²) in [4.78, 5) is 9.88. The van der Waals surface area contributed by atoms with Gasteiger partial charge >= 0.3 is 35.6 Å². The van der Waals surface area contributed by atoms with E-state index in [2.05, 4.69) is 0 Å². The van der Waals surface area contributed by atoms with Crippen molar-refractivity contribution >= 4 is 6.04 Å². The Morgan fingerprint density at radius 3 is 1.11 bits per heavy atom. The topological polar surface area (TPSA) is 17.1 Å². The van der Waals surface area contributed by atoms with Gasteiger partial charge in [0.05, 0.1) is 0 Å². The summed E-state index contributed by atoms with van der Waals surface area (Å²) in [5.74, 6) is -39.9. The van der Waals surface area contributed by atoms with Gasteiger partial charge in [0.15, 0.2) is 5.92 Å². The molecule has 0 aromatic heterocycles. The highest BCUT2D eigenvalue weighted by Gasteiger charge is 2.96. The van der Waals surface area contributed by atoms with Gasteiger partial charge in [-0.15, -0.1) is 0 Å². The molecular formula is C7HF11O. The third kappa shape index (κ3) is 1.45. The van der Waals surface area contributed by atoms with Crippen LogP contribution in [0.3, 0.4) is 0 Å². The molecule has 0 bridgehead atoms. The van der Waals surface area contributed by atoms with Crippen LogP contribution in [0.4, 0.5) is 48.3 Å². The lowest BCUT2D eigenvalue weighted by Crippen LogP contribution is -2.78. The summed E-state index contributed by atoms with van der Waals surface area (Å²) in [6, 6.07) is -3.95. The van der Waals surface area contributed by atoms with E-state index in [1.54, 1.807) is 0 Å². The highest BCUT2D eigenvalue weighted by Crippen LogP contribution is 2.66. The Balaban J connectivity index is 3.70.